The normalized spacial score (nSPS) is 10.3. The van der Waals surface area contributed by atoms with Gasteiger partial charge in [-0.15, -0.1) is 0 Å². The number of aromatic carboxylic acids is 1. The fraction of sp³-hybridized carbons (Fsp3) is 0.125. The molecule has 0 heterocycles. The molecule has 0 saturated heterocycles. The van der Waals surface area contributed by atoms with Gasteiger partial charge < -0.3 is 20.5 Å². The number of nitrogens with two attached hydrogens (primary N) is 1. The Hall–Kier alpha value is -1.56. The molecule has 2 aromatic carbocycles. The predicted octanol–water partition coefficient (Wildman–Crippen LogP) is 3.43. The lowest BCUT2D eigenvalue weighted by molar-refractivity contribution is 0.0510. The Morgan fingerprint density at radius 1 is 1.21 bits per heavy atom. The molecule has 8 heteroatoms. The van der Waals surface area contributed by atoms with Gasteiger partial charge >= 0.3 is 11.9 Å². The van der Waals surface area contributed by atoms with E-state index in [1.54, 1.807) is 36.2 Å². The highest BCUT2D eigenvalue weighted by atomic mass is 127. The largest absolute Gasteiger partial charge is 0.478 e. The van der Waals surface area contributed by atoms with Gasteiger partial charge in [0, 0.05) is 19.9 Å². The van der Waals surface area contributed by atoms with Crippen LogP contribution in [-0.2, 0) is 4.74 Å². The second-order valence-electron chi connectivity index (χ2n) is 4.96. The van der Waals surface area contributed by atoms with E-state index in [1.165, 1.54) is 6.07 Å². The fourth-order valence-corrected chi connectivity index (χ4v) is 3.38. The van der Waals surface area contributed by atoms with Gasteiger partial charge in [0.2, 0.25) is 0 Å². The van der Waals surface area contributed by atoms with Crippen molar-refractivity contribution in [1.82, 2.24) is 0 Å². The van der Waals surface area contributed by atoms with E-state index >= 15 is 0 Å². The minimum absolute atomic E-state index is 0.0200. The smallest absolute Gasteiger partial charge is 0.341 e. The number of hydrogen-bond acceptors (Lipinski definition) is 5. The Balaban J connectivity index is 2.07. The lowest BCUT2D eigenvalue weighted by Gasteiger charge is -2.21. The molecule has 0 fully saturated rings. The Labute approximate surface area is 166 Å². The molecule has 3 N–H and O–H groups in total. The summed E-state index contributed by atoms with van der Waals surface area (Å²) in [6.07, 6.45) is 0. The number of halogens is 2. The standard InChI is InChI=1S/C16H14I2N2O4/c1-20(14-5-2-9(15(21)22)6-12(14)18)8-24-16(23)11-7-10(17)3-4-13(11)19/h2-7H,8,19H2,1H3,(H,21,22). The minimum atomic E-state index is -0.984. The second kappa shape index (κ2) is 8.01. The first-order chi connectivity index (χ1) is 11.3. The van der Waals surface area contributed by atoms with Crippen molar-refractivity contribution < 1.29 is 19.4 Å². The Kier molecular flexibility index (Phi) is 6.27. The molecule has 0 spiro atoms. The number of carbonyl (C=O) groups is 2. The number of benzene rings is 2. The Morgan fingerprint density at radius 2 is 1.92 bits per heavy atom. The maximum atomic E-state index is 12.2. The number of ether oxygens (including phenoxy) is 1. The molecule has 0 atom stereocenters. The first-order valence-corrected chi connectivity index (χ1v) is 8.91. The summed E-state index contributed by atoms with van der Waals surface area (Å²) in [5.74, 6) is -1.49. The average Bonchev–Trinajstić information content (AvgIpc) is 2.54. The summed E-state index contributed by atoms with van der Waals surface area (Å²) in [4.78, 5) is 24.9. The van der Waals surface area contributed by atoms with E-state index in [0.29, 0.717) is 11.3 Å². The molecule has 0 radical (unpaired) electrons. The number of esters is 1. The molecular weight excluding hydrogens is 538 g/mol. The number of anilines is 2. The van der Waals surface area contributed by atoms with Crippen LogP contribution < -0.4 is 10.6 Å². The summed E-state index contributed by atoms with van der Waals surface area (Å²) in [5.41, 5.74) is 7.47. The quantitative estimate of drug-likeness (QED) is 0.256. The topological polar surface area (TPSA) is 92.9 Å². The van der Waals surface area contributed by atoms with Gasteiger partial charge in [-0.25, -0.2) is 9.59 Å². The molecule has 0 aliphatic heterocycles. The van der Waals surface area contributed by atoms with Crippen molar-refractivity contribution in [1.29, 1.82) is 0 Å². The van der Waals surface area contributed by atoms with E-state index in [4.69, 9.17) is 15.6 Å². The first-order valence-electron chi connectivity index (χ1n) is 6.75. The van der Waals surface area contributed by atoms with E-state index in [0.717, 1.165) is 12.8 Å². The molecule has 0 saturated carbocycles. The molecule has 0 bridgehead atoms. The molecule has 6 nitrogen and oxygen atoms in total. The van der Waals surface area contributed by atoms with Gasteiger partial charge in [-0.3, -0.25) is 0 Å². The number of carboxylic acids is 1. The van der Waals surface area contributed by atoms with Crippen molar-refractivity contribution in [2.75, 3.05) is 24.4 Å². The third-order valence-electron chi connectivity index (χ3n) is 3.23. The highest BCUT2D eigenvalue weighted by Crippen LogP contribution is 2.23. The van der Waals surface area contributed by atoms with E-state index in [1.807, 2.05) is 28.7 Å². The first kappa shape index (κ1) is 18.8. The van der Waals surface area contributed by atoms with Crippen molar-refractivity contribution in [3.05, 3.63) is 54.7 Å². The molecule has 0 aliphatic rings. The highest BCUT2D eigenvalue weighted by molar-refractivity contribution is 14.1. The summed E-state index contributed by atoms with van der Waals surface area (Å²) in [6, 6.07) is 9.90. The summed E-state index contributed by atoms with van der Waals surface area (Å²) in [5, 5.41) is 8.99. The van der Waals surface area contributed by atoms with Crippen LogP contribution in [-0.4, -0.2) is 30.8 Å². The molecule has 0 amide bonds. The fourth-order valence-electron chi connectivity index (χ4n) is 1.96. The second-order valence-corrected chi connectivity index (χ2v) is 7.37. The Bertz CT molecular complexity index is 796. The van der Waals surface area contributed by atoms with Gasteiger partial charge in [-0.05, 0) is 81.6 Å². The van der Waals surface area contributed by atoms with Crippen molar-refractivity contribution in [3.63, 3.8) is 0 Å². The van der Waals surface area contributed by atoms with Crippen LogP contribution in [0.1, 0.15) is 20.7 Å². The maximum absolute atomic E-state index is 12.2. The molecule has 0 unspecified atom stereocenters. The zero-order valence-electron chi connectivity index (χ0n) is 12.6. The zero-order chi connectivity index (χ0) is 17.9. The van der Waals surface area contributed by atoms with Crippen molar-refractivity contribution >= 4 is 68.5 Å². The number of nitrogens with zero attached hydrogens (tertiary/aromatic N) is 1. The van der Waals surface area contributed by atoms with Crippen LogP contribution in [0.3, 0.4) is 0 Å². The lowest BCUT2D eigenvalue weighted by Crippen LogP contribution is -2.24. The van der Waals surface area contributed by atoms with E-state index in [-0.39, 0.29) is 12.3 Å². The third-order valence-corrected chi connectivity index (χ3v) is 4.77. The van der Waals surface area contributed by atoms with Crippen LogP contribution in [0.2, 0.25) is 0 Å². The van der Waals surface area contributed by atoms with Gasteiger partial charge in [0.15, 0.2) is 6.73 Å². The molecule has 2 rings (SSSR count). The molecule has 0 aliphatic carbocycles. The van der Waals surface area contributed by atoms with Gasteiger partial charge in [0.25, 0.3) is 0 Å². The number of hydrogen-bond donors (Lipinski definition) is 2. The monoisotopic (exact) mass is 552 g/mol. The number of carbonyl (C=O) groups excluding carboxylic acids is 1. The molecule has 126 valence electrons. The minimum Gasteiger partial charge on any atom is -0.478 e. The van der Waals surface area contributed by atoms with Gasteiger partial charge in [-0.1, -0.05) is 0 Å². The van der Waals surface area contributed by atoms with Crippen LogP contribution in [0.4, 0.5) is 11.4 Å². The SMILES string of the molecule is CN(COC(=O)c1cc(I)ccc1N)c1ccc(C(=O)O)cc1I. The maximum Gasteiger partial charge on any atom is 0.341 e. The molecule has 24 heavy (non-hydrogen) atoms. The number of carboxylic acid groups (broad SMARTS) is 1. The summed E-state index contributed by atoms with van der Waals surface area (Å²) in [6.45, 7) is 0.0200. The van der Waals surface area contributed by atoms with Crippen LogP contribution in [0.25, 0.3) is 0 Å². The van der Waals surface area contributed by atoms with Crippen LogP contribution in [0, 0.1) is 7.14 Å². The van der Waals surface area contributed by atoms with Gasteiger partial charge in [0.1, 0.15) is 0 Å². The highest BCUT2D eigenvalue weighted by Gasteiger charge is 2.15. The summed E-state index contributed by atoms with van der Waals surface area (Å²) < 4.78 is 6.94. The lowest BCUT2D eigenvalue weighted by atomic mass is 10.2. The average molecular weight is 552 g/mol. The van der Waals surface area contributed by atoms with E-state index in [9.17, 15) is 9.59 Å². The van der Waals surface area contributed by atoms with Gasteiger partial charge in [-0.2, -0.15) is 0 Å². The van der Waals surface area contributed by atoms with Crippen LogP contribution in [0.15, 0.2) is 36.4 Å². The van der Waals surface area contributed by atoms with Crippen LogP contribution >= 0.6 is 45.2 Å². The van der Waals surface area contributed by atoms with E-state index in [2.05, 4.69) is 22.6 Å². The summed E-state index contributed by atoms with van der Waals surface area (Å²) in [7, 11) is 1.75. The van der Waals surface area contributed by atoms with E-state index < -0.39 is 11.9 Å². The summed E-state index contributed by atoms with van der Waals surface area (Å²) >= 11 is 4.14. The van der Waals surface area contributed by atoms with Crippen molar-refractivity contribution in [2.45, 2.75) is 0 Å². The molecular formula is C16H14I2N2O4. The predicted molar refractivity (Wildman–Crippen MR) is 108 cm³/mol. The third kappa shape index (κ3) is 4.50. The number of nitrogen functional groups attached to an aromatic ring is 1. The van der Waals surface area contributed by atoms with Crippen molar-refractivity contribution in [3.8, 4) is 0 Å². The van der Waals surface area contributed by atoms with Crippen molar-refractivity contribution in [2.24, 2.45) is 0 Å². The number of rotatable bonds is 5. The zero-order valence-corrected chi connectivity index (χ0v) is 16.9. The van der Waals surface area contributed by atoms with Crippen LogP contribution in [0.5, 0.6) is 0 Å². The Morgan fingerprint density at radius 3 is 2.54 bits per heavy atom. The molecule has 2 aromatic rings. The molecule has 0 aromatic heterocycles. The van der Waals surface area contributed by atoms with Gasteiger partial charge in [0.05, 0.1) is 16.8 Å².